The van der Waals surface area contributed by atoms with Crippen molar-refractivity contribution in [2.24, 2.45) is 0 Å². The molecule has 1 saturated carbocycles. The van der Waals surface area contributed by atoms with Gasteiger partial charge in [0, 0.05) is 13.0 Å². The second kappa shape index (κ2) is 4.30. The van der Waals surface area contributed by atoms with Gasteiger partial charge in [0.15, 0.2) is 0 Å². The molecule has 0 bridgehead atoms. The highest BCUT2D eigenvalue weighted by Gasteiger charge is 2.31. The summed E-state index contributed by atoms with van der Waals surface area (Å²) in [5.41, 5.74) is 0. The molecule has 1 N–H and O–H groups in total. The lowest BCUT2D eigenvalue weighted by molar-refractivity contribution is -0.130. The number of imide groups is 1. The zero-order valence-corrected chi connectivity index (χ0v) is 7.63. The second-order valence-electron chi connectivity index (χ2n) is 2.76. The van der Waals surface area contributed by atoms with Crippen LogP contribution in [0.3, 0.4) is 0 Å². The van der Waals surface area contributed by atoms with E-state index in [0.29, 0.717) is 0 Å². The van der Waals surface area contributed by atoms with E-state index in [1.807, 2.05) is 0 Å². The third-order valence-electron chi connectivity index (χ3n) is 1.99. The summed E-state index contributed by atoms with van der Waals surface area (Å²) in [6, 6.07) is -0.0509. The normalized spacial score (nSPS) is 15.8. The van der Waals surface area contributed by atoms with E-state index in [-0.39, 0.29) is 24.4 Å². The van der Waals surface area contributed by atoms with Gasteiger partial charge in [0.25, 0.3) is 0 Å². The van der Waals surface area contributed by atoms with Gasteiger partial charge in [-0.2, -0.15) is 0 Å². The number of halogens is 1. The summed E-state index contributed by atoms with van der Waals surface area (Å²) >= 11 is 0. The van der Waals surface area contributed by atoms with Gasteiger partial charge in [-0.25, -0.2) is 9.69 Å². The summed E-state index contributed by atoms with van der Waals surface area (Å²) in [7, 11) is 0. The Kier molecular flexibility index (Phi) is 4.03. The Hall–Kier alpha value is -0.770. The van der Waals surface area contributed by atoms with Gasteiger partial charge in [0.1, 0.15) is 0 Å². The van der Waals surface area contributed by atoms with Crippen molar-refractivity contribution >= 4 is 24.4 Å². The number of nitrogens with zero attached hydrogens (tertiary/aromatic N) is 1. The van der Waals surface area contributed by atoms with Crippen LogP contribution in [0, 0.1) is 0 Å². The largest absolute Gasteiger partial charge is 0.465 e. The van der Waals surface area contributed by atoms with E-state index in [9.17, 15) is 9.59 Å². The van der Waals surface area contributed by atoms with Crippen molar-refractivity contribution in [2.75, 3.05) is 0 Å². The molecule has 70 valence electrons. The van der Waals surface area contributed by atoms with Gasteiger partial charge >= 0.3 is 6.09 Å². The fourth-order valence-corrected chi connectivity index (χ4v) is 1.19. The molecule has 0 heterocycles. The second-order valence-corrected chi connectivity index (χ2v) is 2.76. The number of carboxylic acid groups (broad SMARTS) is 1. The molecule has 0 unspecified atom stereocenters. The first-order chi connectivity index (χ1) is 5.13. The van der Waals surface area contributed by atoms with Gasteiger partial charge in [-0.3, -0.25) is 4.79 Å². The van der Waals surface area contributed by atoms with Crippen LogP contribution in [0.15, 0.2) is 0 Å². The van der Waals surface area contributed by atoms with Crippen LogP contribution in [0.4, 0.5) is 4.79 Å². The van der Waals surface area contributed by atoms with Crippen molar-refractivity contribution in [3.8, 4) is 0 Å². The van der Waals surface area contributed by atoms with Gasteiger partial charge in [-0.05, 0) is 19.3 Å². The van der Waals surface area contributed by atoms with E-state index < -0.39 is 6.09 Å². The minimum Gasteiger partial charge on any atom is -0.465 e. The number of rotatable bonds is 1. The molecular formula is C7H12ClNO3. The molecular weight excluding hydrogens is 182 g/mol. The van der Waals surface area contributed by atoms with Crippen LogP contribution in [-0.4, -0.2) is 28.0 Å². The lowest BCUT2D eigenvalue weighted by Gasteiger charge is -2.33. The molecule has 5 heteroatoms. The molecule has 0 saturated heterocycles. The Labute approximate surface area is 77.0 Å². The quantitative estimate of drug-likeness (QED) is 0.687. The predicted molar refractivity (Wildman–Crippen MR) is 45.4 cm³/mol. The van der Waals surface area contributed by atoms with Crippen LogP contribution in [-0.2, 0) is 4.79 Å². The molecule has 2 amide bonds. The summed E-state index contributed by atoms with van der Waals surface area (Å²) in [4.78, 5) is 22.2. The highest BCUT2D eigenvalue weighted by Crippen LogP contribution is 2.24. The molecule has 1 aliphatic carbocycles. The summed E-state index contributed by atoms with van der Waals surface area (Å²) in [5, 5.41) is 8.58. The number of carbonyl (C=O) groups is 2. The Morgan fingerprint density at radius 1 is 1.42 bits per heavy atom. The first-order valence-corrected chi connectivity index (χ1v) is 3.65. The van der Waals surface area contributed by atoms with Crippen molar-refractivity contribution < 1.29 is 14.7 Å². The molecule has 0 atom stereocenters. The summed E-state index contributed by atoms with van der Waals surface area (Å²) < 4.78 is 0. The minimum absolute atomic E-state index is 0. The number of hydrogen-bond acceptors (Lipinski definition) is 2. The van der Waals surface area contributed by atoms with Crippen LogP contribution in [0.2, 0.25) is 0 Å². The van der Waals surface area contributed by atoms with Crippen LogP contribution in [0.1, 0.15) is 26.2 Å². The SMILES string of the molecule is CC(=O)N(C(=O)O)C1CCC1.Cl. The third-order valence-corrected chi connectivity index (χ3v) is 1.99. The van der Waals surface area contributed by atoms with E-state index >= 15 is 0 Å². The van der Waals surface area contributed by atoms with Gasteiger partial charge in [-0.1, -0.05) is 0 Å². The Morgan fingerprint density at radius 2 is 1.92 bits per heavy atom. The summed E-state index contributed by atoms with van der Waals surface area (Å²) in [6.07, 6.45) is 1.56. The fraction of sp³-hybridized carbons (Fsp3) is 0.714. The average Bonchev–Trinajstić information content (AvgIpc) is 1.75. The van der Waals surface area contributed by atoms with Crippen molar-refractivity contribution in [3.63, 3.8) is 0 Å². The molecule has 1 aliphatic rings. The molecule has 1 rings (SSSR count). The van der Waals surface area contributed by atoms with Gasteiger partial charge in [0.2, 0.25) is 5.91 Å². The molecule has 0 aliphatic heterocycles. The molecule has 0 aromatic rings. The first-order valence-electron chi connectivity index (χ1n) is 3.65. The Morgan fingerprint density at radius 3 is 2.00 bits per heavy atom. The van der Waals surface area contributed by atoms with Crippen LogP contribution < -0.4 is 0 Å². The van der Waals surface area contributed by atoms with Crippen LogP contribution in [0.5, 0.6) is 0 Å². The maximum atomic E-state index is 10.8. The predicted octanol–water partition coefficient (Wildman–Crippen LogP) is 1.49. The molecule has 12 heavy (non-hydrogen) atoms. The fourth-order valence-electron chi connectivity index (χ4n) is 1.19. The summed E-state index contributed by atoms with van der Waals surface area (Å²) in [6.45, 7) is 1.28. The maximum absolute atomic E-state index is 10.8. The highest BCUT2D eigenvalue weighted by molar-refractivity contribution is 5.90. The van der Waals surface area contributed by atoms with E-state index in [4.69, 9.17) is 5.11 Å². The number of amides is 2. The molecule has 0 aromatic heterocycles. The van der Waals surface area contributed by atoms with Crippen LogP contribution >= 0.6 is 12.4 Å². The number of hydrogen-bond donors (Lipinski definition) is 1. The smallest absolute Gasteiger partial charge is 0.414 e. The third kappa shape index (κ3) is 2.11. The van der Waals surface area contributed by atoms with Gasteiger partial charge in [-0.15, -0.1) is 12.4 Å². The molecule has 0 spiro atoms. The summed E-state index contributed by atoms with van der Waals surface area (Å²) in [5.74, 6) is -0.373. The molecule has 4 nitrogen and oxygen atoms in total. The topological polar surface area (TPSA) is 57.6 Å². The van der Waals surface area contributed by atoms with E-state index in [2.05, 4.69) is 0 Å². The Bertz CT molecular complexity index is 177. The monoisotopic (exact) mass is 193 g/mol. The minimum atomic E-state index is -1.12. The van der Waals surface area contributed by atoms with E-state index in [1.54, 1.807) is 0 Å². The van der Waals surface area contributed by atoms with Crippen molar-refractivity contribution in [3.05, 3.63) is 0 Å². The standard InChI is InChI=1S/C7H11NO3.ClH/c1-5(9)8(7(10)11)6-3-2-4-6;/h6H,2-4H2,1H3,(H,10,11);1H. The molecule has 1 fully saturated rings. The zero-order chi connectivity index (χ0) is 8.43. The molecule has 0 aromatic carbocycles. The van der Waals surface area contributed by atoms with Crippen molar-refractivity contribution in [2.45, 2.75) is 32.2 Å². The lowest BCUT2D eigenvalue weighted by Crippen LogP contribution is -2.46. The van der Waals surface area contributed by atoms with Crippen molar-refractivity contribution in [1.29, 1.82) is 0 Å². The first kappa shape index (κ1) is 11.2. The number of carbonyl (C=O) groups excluding carboxylic acids is 1. The Balaban J connectivity index is 0.00000121. The lowest BCUT2D eigenvalue weighted by atomic mass is 9.92. The van der Waals surface area contributed by atoms with Gasteiger partial charge < -0.3 is 5.11 Å². The van der Waals surface area contributed by atoms with Crippen molar-refractivity contribution in [1.82, 2.24) is 4.90 Å². The van der Waals surface area contributed by atoms with Crippen LogP contribution in [0.25, 0.3) is 0 Å². The van der Waals surface area contributed by atoms with Gasteiger partial charge in [0.05, 0.1) is 0 Å². The molecule has 0 radical (unpaired) electrons. The van der Waals surface area contributed by atoms with E-state index in [0.717, 1.165) is 24.2 Å². The maximum Gasteiger partial charge on any atom is 0.414 e. The van der Waals surface area contributed by atoms with E-state index in [1.165, 1.54) is 6.92 Å². The highest BCUT2D eigenvalue weighted by atomic mass is 35.5. The average molecular weight is 194 g/mol. The zero-order valence-electron chi connectivity index (χ0n) is 6.82.